The summed E-state index contributed by atoms with van der Waals surface area (Å²) >= 11 is 5.80. The van der Waals surface area contributed by atoms with Crippen molar-refractivity contribution in [2.24, 2.45) is 0 Å². The summed E-state index contributed by atoms with van der Waals surface area (Å²) in [6, 6.07) is 7.84. The molecule has 2 aromatic rings. The van der Waals surface area contributed by atoms with Gasteiger partial charge >= 0.3 is 5.97 Å². The second-order valence-electron chi connectivity index (χ2n) is 3.81. The van der Waals surface area contributed by atoms with Gasteiger partial charge in [0.05, 0.1) is 17.0 Å². The zero-order valence-electron chi connectivity index (χ0n) is 10.2. The zero-order chi connectivity index (χ0) is 14.5. The average molecular weight is 292 g/mol. The molecule has 0 bridgehead atoms. The molecule has 0 spiro atoms. The third-order valence-corrected chi connectivity index (χ3v) is 2.74. The topological polar surface area (TPSA) is 79.5 Å². The highest BCUT2D eigenvalue weighted by Gasteiger charge is 2.15. The van der Waals surface area contributed by atoms with Gasteiger partial charge in [-0.3, -0.25) is 4.79 Å². The van der Waals surface area contributed by atoms with E-state index in [0.29, 0.717) is 5.76 Å². The number of rotatable bonds is 4. The number of carbonyl (C=O) groups is 2. The smallest absolute Gasteiger partial charge is 0.339 e. The van der Waals surface area contributed by atoms with Gasteiger partial charge in [-0.05, 0) is 30.3 Å². The highest BCUT2D eigenvalue weighted by atomic mass is 35.5. The molecule has 6 heteroatoms. The summed E-state index contributed by atoms with van der Waals surface area (Å²) in [6.07, 6.45) is 4.20. The molecule has 102 valence electrons. The molecule has 20 heavy (non-hydrogen) atoms. The van der Waals surface area contributed by atoms with Gasteiger partial charge in [0, 0.05) is 6.08 Å². The summed E-state index contributed by atoms with van der Waals surface area (Å²) in [5, 5.41) is 11.6. The second kappa shape index (κ2) is 6.08. The Morgan fingerprint density at radius 2 is 2.05 bits per heavy atom. The monoisotopic (exact) mass is 291 g/mol. The minimum absolute atomic E-state index is 0.0605. The molecule has 2 rings (SSSR count). The minimum Gasteiger partial charge on any atom is -0.478 e. The van der Waals surface area contributed by atoms with Crippen LogP contribution in [-0.2, 0) is 4.79 Å². The number of hydrogen-bond acceptors (Lipinski definition) is 3. The van der Waals surface area contributed by atoms with Crippen molar-refractivity contribution in [3.8, 4) is 0 Å². The predicted molar refractivity (Wildman–Crippen MR) is 74.8 cm³/mol. The van der Waals surface area contributed by atoms with Gasteiger partial charge < -0.3 is 14.8 Å². The Morgan fingerprint density at radius 1 is 1.25 bits per heavy atom. The van der Waals surface area contributed by atoms with Gasteiger partial charge in [0.1, 0.15) is 11.3 Å². The summed E-state index contributed by atoms with van der Waals surface area (Å²) < 4.78 is 5.03. The number of furan rings is 1. The third kappa shape index (κ3) is 3.27. The van der Waals surface area contributed by atoms with Gasteiger partial charge in [0.25, 0.3) is 0 Å². The van der Waals surface area contributed by atoms with Crippen molar-refractivity contribution in [2.45, 2.75) is 0 Å². The Labute approximate surface area is 119 Å². The van der Waals surface area contributed by atoms with Crippen molar-refractivity contribution in [3.05, 3.63) is 59.0 Å². The van der Waals surface area contributed by atoms with Crippen LogP contribution in [-0.4, -0.2) is 17.0 Å². The van der Waals surface area contributed by atoms with Crippen LogP contribution >= 0.6 is 11.6 Å². The van der Waals surface area contributed by atoms with E-state index in [0.717, 1.165) is 0 Å². The maximum Gasteiger partial charge on any atom is 0.339 e. The van der Waals surface area contributed by atoms with Crippen molar-refractivity contribution < 1.29 is 19.1 Å². The van der Waals surface area contributed by atoms with Crippen molar-refractivity contribution in [1.29, 1.82) is 0 Å². The largest absolute Gasteiger partial charge is 0.478 e. The molecule has 0 aliphatic heterocycles. The first-order valence-corrected chi connectivity index (χ1v) is 6.00. The first kappa shape index (κ1) is 13.9. The number of benzene rings is 1. The van der Waals surface area contributed by atoms with E-state index in [-0.39, 0.29) is 16.3 Å². The second-order valence-corrected chi connectivity index (χ2v) is 4.21. The Kier molecular flexibility index (Phi) is 4.22. The number of amides is 1. The van der Waals surface area contributed by atoms with Crippen molar-refractivity contribution in [1.82, 2.24) is 0 Å². The van der Waals surface area contributed by atoms with Gasteiger partial charge in [-0.1, -0.05) is 17.7 Å². The fraction of sp³-hybridized carbons (Fsp3) is 0. The molecule has 0 radical (unpaired) electrons. The number of anilines is 1. The van der Waals surface area contributed by atoms with Crippen molar-refractivity contribution in [2.75, 3.05) is 5.32 Å². The number of carboxylic acid groups (broad SMARTS) is 1. The van der Waals surface area contributed by atoms with Crippen LogP contribution in [0, 0.1) is 0 Å². The van der Waals surface area contributed by atoms with E-state index in [4.69, 9.17) is 21.1 Å². The fourth-order valence-corrected chi connectivity index (χ4v) is 1.82. The number of halogens is 1. The number of nitrogens with one attached hydrogen (secondary N) is 1. The lowest BCUT2D eigenvalue weighted by molar-refractivity contribution is -0.111. The number of aromatic carboxylic acids is 1. The molecule has 0 fully saturated rings. The minimum atomic E-state index is -1.21. The summed E-state index contributed by atoms with van der Waals surface area (Å²) in [4.78, 5) is 22.8. The first-order chi connectivity index (χ1) is 9.58. The molecular formula is C14H10ClNO4. The van der Waals surface area contributed by atoms with Crippen LogP contribution in [0.15, 0.2) is 47.1 Å². The lowest BCUT2D eigenvalue weighted by atomic mass is 10.1. The molecule has 5 nitrogen and oxygen atoms in total. The molecule has 0 saturated carbocycles. The van der Waals surface area contributed by atoms with Crippen LogP contribution in [0.1, 0.15) is 16.1 Å². The Bertz CT molecular complexity index is 662. The molecule has 1 aromatic carbocycles. The van der Waals surface area contributed by atoms with Crippen molar-refractivity contribution in [3.63, 3.8) is 0 Å². The van der Waals surface area contributed by atoms with E-state index in [1.807, 2.05) is 0 Å². The van der Waals surface area contributed by atoms with E-state index in [9.17, 15) is 9.59 Å². The maximum absolute atomic E-state index is 11.7. The molecule has 1 heterocycles. The molecule has 0 atom stereocenters. The maximum atomic E-state index is 11.7. The van der Waals surface area contributed by atoms with Crippen LogP contribution < -0.4 is 5.32 Å². The first-order valence-electron chi connectivity index (χ1n) is 5.62. The highest BCUT2D eigenvalue weighted by molar-refractivity contribution is 6.34. The number of hydrogen-bond donors (Lipinski definition) is 2. The van der Waals surface area contributed by atoms with Crippen LogP contribution in [0.3, 0.4) is 0 Å². The molecule has 2 N–H and O–H groups in total. The van der Waals surface area contributed by atoms with Gasteiger partial charge in [-0.2, -0.15) is 0 Å². The van der Waals surface area contributed by atoms with Crippen molar-refractivity contribution >= 4 is 35.2 Å². The molecule has 1 amide bonds. The van der Waals surface area contributed by atoms with Crippen LogP contribution in [0.4, 0.5) is 5.69 Å². The van der Waals surface area contributed by atoms with Gasteiger partial charge in [0.15, 0.2) is 0 Å². The summed E-state index contributed by atoms with van der Waals surface area (Å²) in [5.74, 6) is -1.17. The average Bonchev–Trinajstić information content (AvgIpc) is 2.89. The van der Waals surface area contributed by atoms with E-state index in [1.54, 1.807) is 18.2 Å². The van der Waals surface area contributed by atoms with E-state index < -0.39 is 11.9 Å². The predicted octanol–water partition coefficient (Wildman–Crippen LogP) is 3.28. The van der Waals surface area contributed by atoms with E-state index in [1.165, 1.54) is 30.5 Å². The SMILES string of the molecule is O=C(C=Cc1ccco1)Nc1cccc(Cl)c1C(=O)O. The number of carbonyl (C=O) groups excluding carboxylic acids is 1. The molecule has 0 saturated heterocycles. The normalized spacial score (nSPS) is 10.7. The Balaban J connectivity index is 2.16. The molecule has 1 aromatic heterocycles. The molecular weight excluding hydrogens is 282 g/mol. The van der Waals surface area contributed by atoms with Crippen LogP contribution in [0.5, 0.6) is 0 Å². The molecule has 0 unspecified atom stereocenters. The summed E-state index contributed by atoms with van der Waals surface area (Å²) in [6.45, 7) is 0. The standard InChI is InChI=1S/C14H10ClNO4/c15-10-4-1-5-11(13(10)14(18)19)16-12(17)7-6-9-3-2-8-20-9/h1-8H,(H,16,17)(H,18,19). The lowest BCUT2D eigenvalue weighted by Gasteiger charge is -2.07. The highest BCUT2D eigenvalue weighted by Crippen LogP contribution is 2.24. The number of carboxylic acids is 1. The van der Waals surface area contributed by atoms with Gasteiger partial charge in [-0.15, -0.1) is 0 Å². The zero-order valence-corrected chi connectivity index (χ0v) is 10.9. The molecule has 0 aliphatic rings. The van der Waals surface area contributed by atoms with Gasteiger partial charge in [-0.25, -0.2) is 4.79 Å². The van der Waals surface area contributed by atoms with Gasteiger partial charge in [0.2, 0.25) is 5.91 Å². The molecule has 0 aliphatic carbocycles. The van der Waals surface area contributed by atoms with Crippen LogP contribution in [0.25, 0.3) is 6.08 Å². The Morgan fingerprint density at radius 3 is 2.70 bits per heavy atom. The van der Waals surface area contributed by atoms with E-state index in [2.05, 4.69) is 5.32 Å². The van der Waals surface area contributed by atoms with Crippen LogP contribution in [0.2, 0.25) is 5.02 Å². The quantitative estimate of drug-likeness (QED) is 0.847. The third-order valence-electron chi connectivity index (χ3n) is 2.43. The fourth-order valence-electron chi connectivity index (χ4n) is 1.56. The summed E-state index contributed by atoms with van der Waals surface area (Å²) in [5.41, 5.74) is -0.00647. The van der Waals surface area contributed by atoms with E-state index >= 15 is 0 Å². The Hall–Kier alpha value is -2.53. The lowest BCUT2D eigenvalue weighted by Crippen LogP contribution is -2.12. The summed E-state index contributed by atoms with van der Waals surface area (Å²) in [7, 11) is 0.